The first-order chi connectivity index (χ1) is 10.9. The third-order valence-electron chi connectivity index (χ3n) is 4.37. The number of hydrogen-bond acceptors (Lipinski definition) is 4. The number of piperidine rings is 1. The smallest absolute Gasteiger partial charge is 0.303 e. The topological polar surface area (TPSA) is 90.2 Å². The standard InChI is InChI=1S/C16H17N3O4/c1-9(8-20)10-3-4-11-13(7-10)18(2)16(23)19(11)12-5-6-14(21)17-15(12)22/h3-4,7-9,12H,5-6H2,1-2H3,(H,17,21,22). The van der Waals surface area contributed by atoms with Gasteiger partial charge in [0, 0.05) is 19.4 Å². The van der Waals surface area contributed by atoms with Gasteiger partial charge in [0.25, 0.3) is 0 Å². The van der Waals surface area contributed by atoms with Gasteiger partial charge >= 0.3 is 5.69 Å². The van der Waals surface area contributed by atoms with Crippen LogP contribution in [0.4, 0.5) is 0 Å². The van der Waals surface area contributed by atoms with Crippen molar-refractivity contribution in [1.29, 1.82) is 0 Å². The van der Waals surface area contributed by atoms with E-state index in [9.17, 15) is 19.2 Å². The fourth-order valence-corrected chi connectivity index (χ4v) is 2.97. The molecular formula is C16H17N3O4. The van der Waals surface area contributed by atoms with Crippen molar-refractivity contribution in [2.24, 2.45) is 7.05 Å². The van der Waals surface area contributed by atoms with E-state index in [1.54, 1.807) is 32.2 Å². The average molecular weight is 315 g/mol. The van der Waals surface area contributed by atoms with Gasteiger partial charge in [-0.05, 0) is 24.1 Å². The van der Waals surface area contributed by atoms with E-state index in [4.69, 9.17) is 0 Å². The molecule has 2 aromatic rings. The van der Waals surface area contributed by atoms with Crippen molar-refractivity contribution in [2.45, 2.75) is 31.7 Å². The van der Waals surface area contributed by atoms with E-state index in [1.165, 1.54) is 9.13 Å². The predicted molar refractivity (Wildman–Crippen MR) is 83.1 cm³/mol. The second kappa shape index (κ2) is 5.49. The third-order valence-corrected chi connectivity index (χ3v) is 4.37. The van der Waals surface area contributed by atoms with Crippen LogP contribution in [0.2, 0.25) is 0 Å². The van der Waals surface area contributed by atoms with Gasteiger partial charge in [-0.2, -0.15) is 0 Å². The van der Waals surface area contributed by atoms with Gasteiger partial charge < -0.3 is 4.79 Å². The zero-order valence-electron chi connectivity index (χ0n) is 12.9. The van der Waals surface area contributed by atoms with Gasteiger partial charge in [-0.1, -0.05) is 13.0 Å². The van der Waals surface area contributed by atoms with Gasteiger partial charge in [0.15, 0.2) is 0 Å². The molecule has 1 aromatic carbocycles. The lowest BCUT2D eigenvalue weighted by Gasteiger charge is -2.21. The average Bonchev–Trinajstić information content (AvgIpc) is 2.78. The molecular weight excluding hydrogens is 298 g/mol. The number of nitrogens with zero attached hydrogens (tertiary/aromatic N) is 2. The maximum atomic E-state index is 12.6. The Morgan fingerprint density at radius 2 is 2.00 bits per heavy atom. The normalized spacial score (nSPS) is 19.7. The van der Waals surface area contributed by atoms with E-state index in [1.807, 2.05) is 0 Å². The van der Waals surface area contributed by atoms with Crippen LogP contribution in [0.25, 0.3) is 11.0 Å². The predicted octanol–water partition coefficient (Wildman–Crippen LogP) is 0.620. The van der Waals surface area contributed by atoms with Crippen LogP contribution in [0.1, 0.15) is 37.3 Å². The van der Waals surface area contributed by atoms with E-state index in [0.29, 0.717) is 17.5 Å². The van der Waals surface area contributed by atoms with Crippen LogP contribution in [-0.2, 0) is 21.4 Å². The summed E-state index contributed by atoms with van der Waals surface area (Å²) < 4.78 is 2.88. The van der Waals surface area contributed by atoms with Gasteiger partial charge in [0.2, 0.25) is 11.8 Å². The molecule has 2 heterocycles. The Morgan fingerprint density at radius 1 is 1.26 bits per heavy atom. The van der Waals surface area contributed by atoms with Gasteiger partial charge in [-0.15, -0.1) is 0 Å². The first-order valence-corrected chi connectivity index (χ1v) is 7.44. The molecule has 3 rings (SSSR count). The molecule has 0 spiro atoms. The molecule has 23 heavy (non-hydrogen) atoms. The summed E-state index contributed by atoms with van der Waals surface area (Å²) in [6.45, 7) is 1.78. The number of fused-ring (bicyclic) bond motifs is 1. The highest BCUT2D eigenvalue weighted by molar-refractivity contribution is 6.00. The van der Waals surface area contributed by atoms with Gasteiger partial charge in [0.1, 0.15) is 12.3 Å². The highest BCUT2D eigenvalue weighted by Crippen LogP contribution is 2.25. The highest BCUT2D eigenvalue weighted by Gasteiger charge is 2.31. The minimum absolute atomic E-state index is 0.208. The molecule has 7 nitrogen and oxygen atoms in total. The van der Waals surface area contributed by atoms with Gasteiger partial charge in [-0.3, -0.25) is 24.0 Å². The molecule has 1 aliphatic rings. The van der Waals surface area contributed by atoms with Crippen LogP contribution in [0, 0.1) is 0 Å². The number of hydrogen-bond donors (Lipinski definition) is 1. The third kappa shape index (κ3) is 2.38. The van der Waals surface area contributed by atoms with E-state index in [2.05, 4.69) is 5.32 Å². The van der Waals surface area contributed by atoms with Crippen molar-refractivity contribution in [3.05, 3.63) is 34.2 Å². The second-order valence-electron chi connectivity index (χ2n) is 5.85. The number of carbonyl (C=O) groups is 3. The summed E-state index contributed by atoms with van der Waals surface area (Å²) in [5.41, 5.74) is 1.77. The Kier molecular flexibility index (Phi) is 3.63. The number of aromatic nitrogens is 2. The molecule has 1 N–H and O–H groups in total. The van der Waals surface area contributed by atoms with Crippen molar-refractivity contribution in [2.75, 3.05) is 0 Å². The van der Waals surface area contributed by atoms with E-state index >= 15 is 0 Å². The summed E-state index contributed by atoms with van der Waals surface area (Å²) in [6.07, 6.45) is 1.35. The summed E-state index contributed by atoms with van der Waals surface area (Å²) in [6, 6.07) is 4.62. The molecule has 0 aliphatic carbocycles. The number of amides is 2. The van der Waals surface area contributed by atoms with Crippen molar-refractivity contribution in [3.8, 4) is 0 Å². The van der Waals surface area contributed by atoms with E-state index in [-0.39, 0.29) is 23.9 Å². The summed E-state index contributed by atoms with van der Waals surface area (Å²) >= 11 is 0. The molecule has 120 valence electrons. The van der Waals surface area contributed by atoms with Gasteiger partial charge in [-0.25, -0.2) is 4.79 Å². The number of imide groups is 1. The van der Waals surface area contributed by atoms with Crippen LogP contribution in [0.3, 0.4) is 0 Å². The number of benzene rings is 1. The minimum Gasteiger partial charge on any atom is -0.303 e. The lowest BCUT2D eigenvalue weighted by molar-refractivity contribution is -0.135. The van der Waals surface area contributed by atoms with Crippen molar-refractivity contribution in [3.63, 3.8) is 0 Å². The zero-order valence-corrected chi connectivity index (χ0v) is 12.9. The summed E-state index contributed by atoms with van der Waals surface area (Å²) in [4.78, 5) is 46.9. The van der Waals surface area contributed by atoms with Crippen molar-refractivity contribution < 1.29 is 14.4 Å². The summed E-state index contributed by atoms with van der Waals surface area (Å²) in [7, 11) is 1.63. The summed E-state index contributed by atoms with van der Waals surface area (Å²) in [5.74, 6) is -1.05. The van der Waals surface area contributed by atoms with E-state index < -0.39 is 11.9 Å². The highest BCUT2D eigenvalue weighted by atomic mass is 16.2. The number of nitrogens with one attached hydrogen (secondary N) is 1. The fraction of sp³-hybridized carbons (Fsp3) is 0.375. The van der Waals surface area contributed by atoms with Crippen molar-refractivity contribution in [1.82, 2.24) is 14.5 Å². The molecule has 0 saturated carbocycles. The molecule has 2 amide bonds. The van der Waals surface area contributed by atoms with Crippen molar-refractivity contribution >= 4 is 29.1 Å². The Balaban J connectivity index is 2.17. The van der Waals surface area contributed by atoms with Crippen LogP contribution in [0.5, 0.6) is 0 Å². The molecule has 0 radical (unpaired) electrons. The molecule has 1 fully saturated rings. The van der Waals surface area contributed by atoms with Crippen LogP contribution < -0.4 is 11.0 Å². The number of carbonyl (C=O) groups excluding carboxylic acids is 3. The zero-order chi connectivity index (χ0) is 16.7. The molecule has 1 aromatic heterocycles. The molecule has 1 saturated heterocycles. The lowest BCUT2D eigenvalue weighted by Crippen LogP contribution is -2.44. The Bertz CT molecular complexity index is 877. The van der Waals surface area contributed by atoms with Gasteiger partial charge in [0.05, 0.1) is 11.0 Å². The lowest BCUT2D eigenvalue weighted by atomic mass is 10.0. The van der Waals surface area contributed by atoms with E-state index in [0.717, 1.165) is 11.8 Å². The quantitative estimate of drug-likeness (QED) is 0.664. The number of aryl methyl sites for hydroxylation is 1. The maximum absolute atomic E-state index is 12.6. The maximum Gasteiger partial charge on any atom is 0.329 e. The largest absolute Gasteiger partial charge is 0.329 e. The van der Waals surface area contributed by atoms with Crippen LogP contribution in [-0.4, -0.2) is 27.2 Å². The monoisotopic (exact) mass is 315 g/mol. The molecule has 2 unspecified atom stereocenters. The number of imidazole rings is 1. The van der Waals surface area contributed by atoms with Crippen LogP contribution >= 0.6 is 0 Å². The Hall–Kier alpha value is -2.70. The minimum atomic E-state index is -0.696. The Morgan fingerprint density at radius 3 is 2.65 bits per heavy atom. The molecule has 1 aliphatic heterocycles. The number of aldehydes is 1. The summed E-state index contributed by atoms with van der Waals surface area (Å²) in [5, 5.41) is 2.27. The van der Waals surface area contributed by atoms with Crippen LogP contribution in [0.15, 0.2) is 23.0 Å². The fourth-order valence-electron chi connectivity index (χ4n) is 2.97. The first-order valence-electron chi connectivity index (χ1n) is 7.44. The number of rotatable bonds is 3. The molecule has 7 heteroatoms. The first kappa shape index (κ1) is 15.2. The Labute approximate surface area is 131 Å². The SMILES string of the molecule is CC(C=O)c1ccc2c(c1)n(C)c(=O)n2C1CCC(=O)NC1=O. The molecule has 0 bridgehead atoms. The molecule has 2 atom stereocenters. The second-order valence-corrected chi connectivity index (χ2v) is 5.85.